The molecule has 2 aromatic carbocycles. The van der Waals surface area contributed by atoms with Gasteiger partial charge in [0.25, 0.3) is 0 Å². The average molecular weight is 487 g/mol. The quantitative estimate of drug-likeness (QED) is 0.501. The Bertz CT molecular complexity index is 1120. The Morgan fingerprint density at radius 3 is 2.50 bits per heavy atom. The Balaban J connectivity index is 1.60. The van der Waals surface area contributed by atoms with Gasteiger partial charge in [-0.25, -0.2) is 8.42 Å². The van der Waals surface area contributed by atoms with E-state index in [4.69, 9.17) is 20.6 Å². The molecule has 0 saturated heterocycles. The number of hydrogen-bond donors (Lipinski definition) is 2. The molecule has 8 nitrogen and oxygen atoms in total. The first-order valence-electron chi connectivity index (χ1n) is 11.1. The van der Waals surface area contributed by atoms with Crippen LogP contribution in [0.3, 0.4) is 0 Å². The summed E-state index contributed by atoms with van der Waals surface area (Å²) in [5, 5.41) is 2.83. The van der Waals surface area contributed by atoms with Gasteiger partial charge in [0.05, 0.1) is 18.1 Å². The number of ether oxygens (including phenoxy) is 3. The van der Waals surface area contributed by atoms with Gasteiger partial charge in [0.2, 0.25) is 15.9 Å². The van der Waals surface area contributed by atoms with E-state index in [-0.39, 0.29) is 23.3 Å². The van der Waals surface area contributed by atoms with Crippen LogP contribution in [0.15, 0.2) is 47.4 Å². The van der Waals surface area contributed by atoms with E-state index in [0.29, 0.717) is 49.8 Å². The van der Waals surface area contributed by atoms with Crippen molar-refractivity contribution in [3.05, 3.63) is 48.0 Å². The standard InChI is InChI=1S/C25H30N2O6S/c1-4-14-31-20-8-6-19(7-9-20)12-13-26-25(28)24(18(2)3)27-34(29,30)21-10-11-22-23(17-21)33-16-5-15-32-22/h1,6-11,17-18,24,27H,5,12-16H2,2-3H3,(H,26,28). The van der Waals surface area contributed by atoms with Crippen molar-refractivity contribution in [2.45, 2.75) is 37.6 Å². The lowest BCUT2D eigenvalue weighted by Gasteiger charge is -2.22. The lowest BCUT2D eigenvalue weighted by atomic mass is 10.0. The van der Waals surface area contributed by atoms with Crippen LogP contribution in [0, 0.1) is 18.3 Å². The minimum atomic E-state index is -3.96. The molecule has 1 aliphatic heterocycles. The maximum Gasteiger partial charge on any atom is 0.241 e. The molecule has 0 fully saturated rings. The third kappa shape index (κ3) is 6.89. The summed E-state index contributed by atoms with van der Waals surface area (Å²) in [5.74, 6) is 3.32. The second-order valence-electron chi connectivity index (χ2n) is 8.18. The molecular formula is C25H30N2O6S. The second-order valence-corrected chi connectivity index (χ2v) is 9.89. The van der Waals surface area contributed by atoms with Crippen LogP contribution in [-0.2, 0) is 21.2 Å². The number of terminal acetylenes is 1. The fraction of sp³-hybridized carbons (Fsp3) is 0.400. The molecular weight excluding hydrogens is 456 g/mol. The largest absolute Gasteiger partial charge is 0.490 e. The summed E-state index contributed by atoms with van der Waals surface area (Å²) in [6, 6.07) is 10.9. The van der Waals surface area contributed by atoms with Crippen LogP contribution in [0.5, 0.6) is 17.2 Å². The van der Waals surface area contributed by atoms with E-state index in [0.717, 1.165) is 5.56 Å². The third-order valence-corrected chi connectivity index (χ3v) is 6.66. The molecule has 0 spiro atoms. The van der Waals surface area contributed by atoms with Crippen molar-refractivity contribution in [3.8, 4) is 29.6 Å². The zero-order valence-electron chi connectivity index (χ0n) is 19.4. The van der Waals surface area contributed by atoms with Crippen LogP contribution < -0.4 is 24.2 Å². The summed E-state index contributed by atoms with van der Waals surface area (Å²) in [7, 11) is -3.96. The highest BCUT2D eigenvalue weighted by molar-refractivity contribution is 7.89. The number of fused-ring (bicyclic) bond motifs is 1. The fourth-order valence-electron chi connectivity index (χ4n) is 3.36. The van der Waals surface area contributed by atoms with Crippen LogP contribution in [0.1, 0.15) is 25.8 Å². The number of rotatable bonds is 10. The molecule has 2 aromatic rings. The lowest BCUT2D eigenvalue weighted by molar-refractivity contribution is -0.123. The Morgan fingerprint density at radius 1 is 1.12 bits per heavy atom. The molecule has 2 N–H and O–H groups in total. The molecule has 0 aromatic heterocycles. The van der Waals surface area contributed by atoms with Gasteiger partial charge in [-0.3, -0.25) is 4.79 Å². The van der Waals surface area contributed by atoms with E-state index >= 15 is 0 Å². The zero-order valence-corrected chi connectivity index (χ0v) is 20.2. The zero-order chi connectivity index (χ0) is 24.6. The number of carbonyl (C=O) groups excluding carboxylic acids is 1. The van der Waals surface area contributed by atoms with Gasteiger partial charge in [-0.2, -0.15) is 4.72 Å². The summed E-state index contributed by atoms with van der Waals surface area (Å²) in [6.45, 7) is 5.09. The van der Waals surface area contributed by atoms with E-state index in [1.54, 1.807) is 19.9 Å². The van der Waals surface area contributed by atoms with Gasteiger partial charge < -0.3 is 19.5 Å². The topological polar surface area (TPSA) is 103 Å². The van der Waals surface area contributed by atoms with Crippen LogP contribution in [0.2, 0.25) is 0 Å². The van der Waals surface area contributed by atoms with Gasteiger partial charge in [0, 0.05) is 19.0 Å². The van der Waals surface area contributed by atoms with E-state index in [1.807, 2.05) is 24.3 Å². The van der Waals surface area contributed by atoms with Gasteiger partial charge in [-0.1, -0.05) is 31.9 Å². The van der Waals surface area contributed by atoms with Crippen molar-refractivity contribution in [2.75, 3.05) is 26.4 Å². The van der Waals surface area contributed by atoms with Crippen molar-refractivity contribution in [1.82, 2.24) is 10.0 Å². The number of nitrogens with one attached hydrogen (secondary N) is 2. The predicted octanol–water partition coefficient (Wildman–Crippen LogP) is 2.52. The maximum atomic E-state index is 13.0. The first-order valence-corrected chi connectivity index (χ1v) is 12.6. The fourth-order valence-corrected chi connectivity index (χ4v) is 4.71. The predicted molar refractivity (Wildman–Crippen MR) is 128 cm³/mol. The minimum absolute atomic E-state index is 0.0161. The third-order valence-electron chi connectivity index (χ3n) is 5.22. The van der Waals surface area contributed by atoms with Gasteiger partial charge >= 0.3 is 0 Å². The molecule has 1 heterocycles. The number of amides is 1. The lowest BCUT2D eigenvalue weighted by Crippen LogP contribution is -2.49. The molecule has 1 amide bonds. The summed E-state index contributed by atoms with van der Waals surface area (Å²) < 4.78 is 45.1. The normalized spacial score (nSPS) is 14.1. The Kier molecular flexibility index (Phi) is 8.79. The number of hydrogen-bond acceptors (Lipinski definition) is 6. The van der Waals surface area contributed by atoms with E-state index in [1.165, 1.54) is 12.1 Å². The highest BCUT2D eigenvalue weighted by atomic mass is 32.2. The van der Waals surface area contributed by atoms with Crippen LogP contribution >= 0.6 is 0 Å². The van der Waals surface area contributed by atoms with Crippen molar-refractivity contribution in [3.63, 3.8) is 0 Å². The molecule has 34 heavy (non-hydrogen) atoms. The first-order chi connectivity index (χ1) is 16.3. The molecule has 0 radical (unpaired) electrons. The molecule has 1 aliphatic rings. The van der Waals surface area contributed by atoms with Crippen molar-refractivity contribution < 1.29 is 27.4 Å². The molecule has 1 atom stereocenters. The SMILES string of the molecule is C#CCOc1ccc(CCNC(=O)C(NS(=O)(=O)c2ccc3c(c2)OCCCO3)C(C)C)cc1. The minimum Gasteiger partial charge on any atom is -0.490 e. The molecule has 1 unspecified atom stereocenters. The summed E-state index contributed by atoms with van der Waals surface area (Å²) in [4.78, 5) is 12.8. The average Bonchev–Trinajstić information content (AvgIpc) is 3.07. The molecule has 3 rings (SSSR count). The number of sulfonamides is 1. The molecule has 182 valence electrons. The van der Waals surface area contributed by atoms with Gasteiger partial charge in [0.1, 0.15) is 18.4 Å². The van der Waals surface area contributed by atoms with E-state index < -0.39 is 16.1 Å². The van der Waals surface area contributed by atoms with E-state index in [2.05, 4.69) is 16.0 Å². The number of benzene rings is 2. The molecule has 0 saturated carbocycles. The number of carbonyl (C=O) groups is 1. The van der Waals surface area contributed by atoms with Gasteiger partial charge in [-0.15, -0.1) is 6.42 Å². The highest BCUT2D eigenvalue weighted by Crippen LogP contribution is 2.32. The van der Waals surface area contributed by atoms with Crippen LogP contribution in [0.25, 0.3) is 0 Å². The summed E-state index contributed by atoms with van der Waals surface area (Å²) in [5.41, 5.74) is 1.00. The van der Waals surface area contributed by atoms with Crippen LogP contribution in [-0.4, -0.2) is 46.7 Å². The van der Waals surface area contributed by atoms with Crippen molar-refractivity contribution >= 4 is 15.9 Å². The highest BCUT2D eigenvalue weighted by Gasteiger charge is 2.29. The smallest absolute Gasteiger partial charge is 0.241 e. The summed E-state index contributed by atoms with van der Waals surface area (Å²) >= 11 is 0. The maximum absolute atomic E-state index is 13.0. The second kappa shape index (κ2) is 11.8. The first kappa shape index (κ1) is 25.4. The molecule has 0 aliphatic carbocycles. The van der Waals surface area contributed by atoms with Crippen molar-refractivity contribution in [2.24, 2.45) is 5.92 Å². The molecule has 0 bridgehead atoms. The molecule has 9 heteroatoms. The van der Waals surface area contributed by atoms with Crippen molar-refractivity contribution in [1.29, 1.82) is 0 Å². The Morgan fingerprint density at radius 2 is 1.82 bits per heavy atom. The summed E-state index contributed by atoms with van der Waals surface area (Å²) in [6.07, 6.45) is 6.48. The Labute approximate surface area is 201 Å². The van der Waals surface area contributed by atoms with Crippen LogP contribution in [0.4, 0.5) is 0 Å². The van der Waals surface area contributed by atoms with Gasteiger partial charge in [0.15, 0.2) is 11.5 Å². The monoisotopic (exact) mass is 486 g/mol. The van der Waals surface area contributed by atoms with Gasteiger partial charge in [-0.05, 0) is 42.2 Å². The Hall–Kier alpha value is -3.22. The van der Waals surface area contributed by atoms with E-state index in [9.17, 15) is 13.2 Å².